The standard InChI is InChI=1S/C13H24O3/c1-3-13(9-15-10-13)8-14-6-12-5-4-11(2)16-7-12/h11-12H,3-10H2,1-2H3. The second kappa shape index (κ2) is 5.48. The van der Waals surface area contributed by atoms with E-state index in [1.807, 2.05) is 0 Å². The van der Waals surface area contributed by atoms with Gasteiger partial charge < -0.3 is 14.2 Å². The van der Waals surface area contributed by atoms with Crippen molar-refractivity contribution in [3.05, 3.63) is 0 Å². The zero-order valence-electron chi connectivity index (χ0n) is 10.5. The van der Waals surface area contributed by atoms with E-state index in [4.69, 9.17) is 14.2 Å². The van der Waals surface area contributed by atoms with Crippen molar-refractivity contribution in [3.8, 4) is 0 Å². The highest BCUT2D eigenvalue weighted by atomic mass is 16.5. The van der Waals surface area contributed by atoms with E-state index in [0.29, 0.717) is 17.4 Å². The second-order valence-corrected chi connectivity index (χ2v) is 5.45. The minimum absolute atomic E-state index is 0.322. The fourth-order valence-corrected chi connectivity index (χ4v) is 2.29. The summed E-state index contributed by atoms with van der Waals surface area (Å²) < 4.78 is 16.8. The highest BCUT2D eigenvalue weighted by Gasteiger charge is 2.37. The Balaban J connectivity index is 1.61. The van der Waals surface area contributed by atoms with Crippen molar-refractivity contribution in [2.45, 2.75) is 39.2 Å². The normalized spacial score (nSPS) is 33.4. The molecule has 0 N–H and O–H groups in total. The number of hydrogen-bond acceptors (Lipinski definition) is 3. The Labute approximate surface area is 98.4 Å². The summed E-state index contributed by atoms with van der Waals surface area (Å²) in [5.74, 6) is 0.603. The van der Waals surface area contributed by atoms with Gasteiger partial charge in [0.1, 0.15) is 0 Å². The van der Waals surface area contributed by atoms with Crippen molar-refractivity contribution in [1.82, 2.24) is 0 Å². The smallest absolute Gasteiger partial charge is 0.0566 e. The van der Waals surface area contributed by atoms with Crippen LogP contribution < -0.4 is 0 Å². The van der Waals surface area contributed by atoms with E-state index >= 15 is 0 Å². The van der Waals surface area contributed by atoms with Crippen LogP contribution in [0.3, 0.4) is 0 Å². The molecule has 2 aliphatic heterocycles. The quantitative estimate of drug-likeness (QED) is 0.722. The third kappa shape index (κ3) is 2.96. The fourth-order valence-electron chi connectivity index (χ4n) is 2.29. The molecule has 0 radical (unpaired) electrons. The first-order valence-electron chi connectivity index (χ1n) is 6.51. The first-order valence-corrected chi connectivity index (χ1v) is 6.51. The molecule has 0 aromatic carbocycles. The lowest BCUT2D eigenvalue weighted by Gasteiger charge is -2.40. The molecule has 2 unspecified atom stereocenters. The number of hydrogen-bond donors (Lipinski definition) is 0. The Kier molecular flexibility index (Phi) is 4.22. The lowest BCUT2D eigenvalue weighted by molar-refractivity contribution is -0.156. The Morgan fingerprint density at radius 1 is 1.31 bits per heavy atom. The highest BCUT2D eigenvalue weighted by Crippen LogP contribution is 2.31. The molecule has 2 saturated heterocycles. The summed E-state index contributed by atoms with van der Waals surface area (Å²) in [5.41, 5.74) is 0.322. The molecular weight excluding hydrogens is 204 g/mol. The van der Waals surface area contributed by atoms with Crippen LogP contribution >= 0.6 is 0 Å². The van der Waals surface area contributed by atoms with E-state index < -0.39 is 0 Å². The molecule has 0 aromatic heterocycles. The van der Waals surface area contributed by atoms with Gasteiger partial charge in [-0.1, -0.05) is 6.92 Å². The van der Waals surface area contributed by atoms with Gasteiger partial charge >= 0.3 is 0 Å². The van der Waals surface area contributed by atoms with Crippen molar-refractivity contribution in [2.24, 2.45) is 11.3 Å². The summed E-state index contributed by atoms with van der Waals surface area (Å²) in [5, 5.41) is 0. The van der Waals surface area contributed by atoms with Crippen LogP contribution in [0.2, 0.25) is 0 Å². The molecule has 0 bridgehead atoms. The summed E-state index contributed by atoms with van der Waals surface area (Å²) in [6.07, 6.45) is 4.02. The van der Waals surface area contributed by atoms with Crippen LogP contribution in [0.4, 0.5) is 0 Å². The monoisotopic (exact) mass is 228 g/mol. The van der Waals surface area contributed by atoms with Crippen LogP contribution in [0.25, 0.3) is 0 Å². The van der Waals surface area contributed by atoms with E-state index in [-0.39, 0.29) is 0 Å². The Morgan fingerprint density at radius 2 is 2.12 bits per heavy atom. The molecule has 94 valence electrons. The minimum Gasteiger partial charge on any atom is -0.380 e. The van der Waals surface area contributed by atoms with Gasteiger partial charge in [-0.3, -0.25) is 0 Å². The van der Waals surface area contributed by atoms with Crippen LogP contribution in [0, 0.1) is 11.3 Å². The molecule has 2 atom stereocenters. The van der Waals surface area contributed by atoms with Gasteiger partial charge in [-0.05, 0) is 26.2 Å². The van der Waals surface area contributed by atoms with Gasteiger partial charge in [0.05, 0.1) is 39.1 Å². The zero-order valence-corrected chi connectivity index (χ0v) is 10.5. The minimum atomic E-state index is 0.322. The average Bonchev–Trinajstić information content (AvgIpc) is 2.25. The summed E-state index contributed by atoms with van der Waals surface area (Å²) in [6, 6.07) is 0. The average molecular weight is 228 g/mol. The van der Waals surface area contributed by atoms with Crippen LogP contribution in [0.1, 0.15) is 33.1 Å². The lowest BCUT2D eigenvalue weighted by Crippen LogP contribution is -2.46. The van der Waals surface area contributed by atoms with Crippen LogP contribution in [0.15, 0.2) is 0 Å². The summed E-state index contributed by atoms with van der Waals surface area (Å²) in [4.78, 5) is 0. The maximum absolute atomic E-state index is 5.85. The lowest BCUT2D eigenvalue weighted by atomic mass is 9.84. The third-order valence-corrected chi connectivity index (χ3v) is 3.93. The van der Waals surface area contributed by atoms with Crippen molar-refractivity contribution < 1.29 is 14.2 Å². The maximum Gasteiger partial charge on any atom is 0.0566 e. The molecular formula is C13H24O3. The molecule has 3 heteroatoms. The summed E-state index contributed by atoms with van der Waals surface area (Å²) in [7, 11) is 0. The van der Waals surface area contributed by atoms with Gasteiger partial charge in [0.25, 0.3) is 0 Å². The third-order valence-electron chi connectivity index (χ3n) is 3.93. The van der Waals surface area contributed by atoms with Crippen LogP contribution in [-0.2, 0) is 14.2 Å². The van der Waals surface area contributed by atoms with Gasteiger partial charge in [0, 0.05) is 11.3 Å². The molecule has 2 fully saturated rings. The molecule has 2 heterocycles. The molecule has 16 heavy (non-hydrogen) atoms. The Bertz CT molecular complexity index is 200. The Hall–Kier alpha value is -0.120. The summed E-state index contributed by atoms with van der Waals surface area (Å²) in [6.45, 7) is 8.70. The predicted octanol–water partition coefficient (Wildman–Crippen LogP) is 2.24. The van der Waals surface area contributed by atoms with Crippen molar-refractivity contribution in [2.75, 3.05) is 33.0 Å². The molecule has 2 aliphatic rings. The molecule has 0 aromatic rings. The second-order valence-electron chi connectivity index (χ2n) is 5.45. The molecule has 0 aliphatic carbocycles. The van der Waals surface area contributed by atoms with Gasteiger partial charge in [0.15, 0.2) is 0 Å². The zero-order chi connectivity index (χ0) is 11.4. The molecule has 3 nitrogen and oxygen atoms in total. The predicted molar refractivity (Wildman–Crippen MR) is 62.5 cm³/mol. The van der Waals surface area contributed by atoms with Crippen molar-refractivity contribution in [3.63, 3.8) is 0 Å². The number of ether oxygens (including phenoxy) is 3. The van der Waals surface area contributed by atoms with E-state index in [1.54, 1.807) is 0 Å². The van der Waals surface area contributed by atoms with Crippen LogP contribution in [-0.4, -0.2) is 39.1 Å². The van der Waals surface area contributed by atoms with Crippen molar-refractivity contribution >= 4 is 0 Å². The SMILES string of the molecule is CCC1(COCC2CCC(C)OC2)COC1. The molecule has 2 rings (SSSR count). The first-order chi connectivity index (χ1) is 7.74. The van der Waals surface area contributed by atoms with Gasteiger partial charge in [-0.25, -0.2) is 0 Å². The van der Waals surface area contributed by atoms with E-state index in [1.165, 1.54) is 12.8 Å². The molecule has 0 amide bonds. The topological polar surface area (TPSA) is 27.7 Å². The van der Waals surface area contributed by atoms with E-state index in [0.717, 1.165) is 39.5 Å². The molecule has 0 saturated carbocycles. The van der Waals surface area contributed by atoms with Crippen LogP contribution in [0.5, 0.6) is 0 Å². The summed E-state index contributed by atoms with van der Waals surface area (Å²) >= 11 is 0. The molecule has 0 spiro atoms. The van der Waals surface area contributed by atoms with Crippen molar-refractivity contribution in [1.29, 1.82) is 0 Å². The number of rotatable bonds is 5. The van der Waals surface area contributed by atoms with Gasteiger partial charge in [-0.15, -0.1) is 0 Å². The van der Waals surface area contributed by atoms with E-state index in [2.05, 4.69) is 13.8 Å². The Morgan fingerprint density at radius 3 is 2.62 bits per heavy atom. The fraction of sp³-hybridized carbons (Fsp3) is 1.00. The first kappa shape index (κ1) is 12.3. The largest absolute Gasteiger partial charge is 0.380 e. The van der Waals surface area contributed by atoms with Gasteiger partial charge in [0.2, 0.25) is 0 Å². The van der Waals surface area contributed by atoms with Gasteiger partial charge in [-0.2, -0.15) is 0 Å². The van der Waals surface area contributed by atoms with E-state index in [9.17, 15) is 0 Å². The highest BCUT2D eigenvalue weighted by molar-refractivity contribution is 4.84. The maximum atomic E-state index is 5.85.